The van der Waals surface area contributed by atoms with Crippen molar-refractivity contribution >= 4 is 0 Å². The first-order valence-electron chi connectivity index (χ1n) is 24.2. The van der Waals surface area contributed by atoms with Gasteiger partial charge < -0.3 is 0 Å². The third-order valence-electron chi connectivity index (χ3n) is 15.3. The van der Waals surface area contributed by atoms with Gasteiger partial charge in [-0.2, -0.15) is 0 Å². The van der Waals surface area contributed by atoms with E-state index in [2.05, 4.69) is 217 Å². The smallest absolute Gasteiger partial charge is 0.0622 e. The van der Waals surface area contributed by atoms with Crippen LogP contribution in [0.2, 0.25) is 0 Å². The molecule has 3 aromatic carbocycles. The predicted molar refractivity (Wildman–Crippen MR) is 270 cm³/mol. The minimum atomic E-state index is 0.217. The monoisotopic (exact) mass is 825 g/mol. The number of fused-ring (bicyclic) bond motifs is 2. The Morgan fingerprint density at radius 1 is 0.532 bits per heavy atom. The highest BCUT2D eigenvalue weighted by molar-refractivity contribution is 5.65. The molecule has 0 nitrogen and oxygen atoms in total. The molecule has 4 unspecified atom stereocenters. The van der Waals surface area contributed by atoms with Crippen molar-refractivity contribution in [1.82, 2.24) is 0 Å². The topological polar surface area (TPSA) is 0 Å². The van der Waals surface area contributed by atoms with Crippen molar-refractivity contribution in [1.29, 1.82) is 0 Å². The molecule has 0 radical (unpaired) electrons. The molecule has 0 spiro atoms. The van der Waals surface area contributed by atoms with Gasteiger partial charge in [0.05, 0.1) is 11.1 Å². The lowest BCUT2D eigenvalue weighted by atomic mass is 9.49. The zero-order chi connectivity index (χ0) is 44.6. The van der Waals surface area contributed by atoms with Crippen molar-refractivity contribution in [2.24, 2.45) is 21.7 Å². The molecule has 0 heterocycles. The fourth-order valence-corrected chi connectivity index (χ4v) is 14.4. The zero-order valence-corrected chi connectivity index (χ0v) is 40.9. The first-order valence-corrected chi connectivity index (χ1v) is 24.2. The highest BCUT2D eigenvalue weighted by Crippen LogP contribution is 2.60. The Balaban J connectivity index is 1.02. The van der Waals surface area contributed by atoms with Crippen LogP contribution in [-0.4, -0.2) is 0 Å². The van der Waals surface area contributed by atoms with Gasteiger partial charge >= 0.3 is 0 Å². The van der Waals surface area contributed by atoms with E-state index < -0.39 is 0 Å². The van der Waals surface area contributed by atoms with Gasteiger partial charge in [0.2, 0.25) is 0 Å². The molecule has 0 saturated heterocycles. The van der Waals surface area contributed by atoms with Crippen molar-refractivity contribution in [3.05, 3.63) is 190 Å². The summed E-state index contributed by atoms with van der Waals surface area (Å²) in [5, 5.41) is 0. The van der Waals surface area contributed by atoms with Crippen molar-refractivity contribution in [3.8, 4) is 0 Å². The Kier molecular flexibility index (Phi) is 13.1. The molecule has 3 aromatic rings. The quantitative estimate of drug-likeness (QED) is 0.112. The van der Waals surface area contributed by atoms with Crippen LogP contribution in [0.15, 0.2) is 133 Å². The highest BCUT2D eigenvalue weighted by atomic mass is 14.6. The van der Waals surface area contributed by atoms with E-state index >= 15 is 0 Å². The van der Waals surface area contributed by atoms with E-state index in [-0.39, 0.29) is 32.5 Å². The number of allylic oxidation sites excluding steroid dienone is 12. The van der Waals surface area contributed by atoms with E-state index in [4.69, 9.17) is 0 Å². The summed E-state index contributed by atoms with van der Waals surface area (Å²) in [5.41, 5.74) is 17.0. The molecule has 0 heteroatoms. The first kappa shape index (κ1) is 45.9. The van der Waals surface area contributed by atoms with Crippen LogP contribution in [0.5, 0.6) is 0 Å². The summed E-state index contributed by atoms with van der Waals surface area (Å²) in [5.74, 6) is 1.01. The average molecular weight is 825 g/mol. The summed E-state index contributed by atoms with van der Waals surface area (Å²) in [4.78, 5) is 0. The number of benzene rings is 3. The molecule has 0 saturated carbocycles. The van der Waals surface area contributed by atoms with Crippen molar-refractivity contribution in [3.63, 3.8) is 0 Å². The van der Waals surface area contributed by atoms with Crippen LogP contribution in [0.4, 0.5) is 0 Å². The van der Waals surface area contributed by atoms with Crippen molar-refractivity contribution in [2.45, 2.75) is 170 Å². The molecule has 4 aliphatic carbocycles. The normalized spacial score (nSPS) is 23.0. The van der Waals surface area contributed by atoms with Crippen LogP contribution < -0.4 is 0 Å². The Hall–Kier alpha value is -4.16. The van der Waals surface area contributed by atoms with Gasteiger partial charge in [-0.1, -0.05) is 130 Å². The molecule has 0 bridgehead atoms. The van der Waals surface area contributed by atoms with Gasteiger partial charge in [-0.05, 0) is 166 Å². The average Bonchev–Trinajstić information content (AvgIpc) is 3.19. The van der Waals surface area contributed by atoms with E-state index in [1.165, 1.54) is 73.6 Å². The Morgan fingerprint density at radius 2 is 0.903 bits per heavy atom. The van der Waals surface area contributed by atoms with E-state index in [0.717, 1.165) is 12.8 Å². The summed E-state index contributed by atoms with van der Waals surface area (Å²) in [6.07, 6.45) is 38.6. The minimum absolute atomic E-state index is 0.217. The largest absolute Gasteiger partial charge is 0.0918 e. The zero-order valence-electron chi connectivity index (χ0n) is 40.9. The molecule has 0 N–H and O–H groups in total. The Labute approximate surface area is 379 Å². The molecule has 0 aromatic heterocycles. The van der Waals surface area contributed by atoms with Crippen LogP contribution >= 0.6 is 0 Å². The fraction of sp³-hybridized carbons (Fsp3) is 0.484. The molecule has 0 fully saturated rings. The van der Waals surface area contributed by atoms with Crippen LogP contribution in [0.25, 0.3) is 0 Å². The first-order chi connectivity index (χ1) is 29.2. The number of hydrogen-bond donors (Lipinski definition) is 0. The summed E-state index contributed by atoms with van der Waals surface area (Å²) < 4.78 is 0. The summed E-state index contributed by atoms with van der Waals surface area (Å²) in [6, 6.07) is 22.6. The summed E-state index contributed by atoms with van der Waals surface area (Å²) in [6.45, 7) is 30.6. The molecule has 326 valence electrons. The third-order valence-corrected chi connectivity index (χ3v) is 15.3. The third kappa shape index (κ3) is 10.6. The SMILES string of the molecule is Cc1c2c(c(C)c3c1C(C)(CC(C)(C)CC(C)(C)CC(C/C=C1/C=CC=C[CH+]1)c1ccccc1)C3)C(C)(CC(C)(C)CC(C)(C)CC(C/C=C1/C=CC=C[CH+]1)c1ccccc1)C2. The van der Waals surface area contributed by atoms with Gasteiger partial charge in [0.15, 0.2) is 0 Å². The number of rotatable bonds is 18. The molecule has 7 rings (SSSR count). The lowest BCUT2D eigenvalue weighted by molar-refractivity contribution is 0.122. The van der Waals surface area contributed by atoms with Crippen LogP contribution in [-0.2, 0) is 23.7 Å². The van der Waals surface area contributed by atoms with Gasteiger partial charge in [0, 0.05) is 74.3 Å². The molecule has 0 aliphatic heterocycles. The van der Waals surface area contributed by atoms with Gasteiger partial charge in [-0.25, -0.2) is 0 Å². The molecular weight excluding hydrogens is 745 g/mol. The van der Waals surface area contributed by atoms with Crippen LogP contribution in [0, 0.1) is 48.3 Å². The van der Waals surface area contributed by atoms with Crippen molar-refractivity contribution in [2.75, 3.05) is 0 Å². The van der Waals surface area contributed by atoms with E-state index in [9.17, 15) is 0 Å². The van der Waals surface area contributed by atoms with E-state index in [1.54, 1.807) is 33.4 Å². The summed E-state index contributed by atoms with van der Waals surface area (Å²) in [7, 11) is 0. The molecule has 62 heavy (non-hydrogen) atoms. The lowest BCUT2D eigenvalue weighted by Crippen LogP contribution is -2.48. The van der Waals surface area contributed by atoms with Gasteiger partial charge in [0.25, 0.3) is 0 Å². The number of hydrogen-bond acceptors (Lipinski definition) is 0. The molecule has 4 atom stereocenters. The molecule has 0 amide bonds. The predicted octanol–water partition coefficient (Wildman–Crippen LogP) is 17.2. The van der Waals surface area contributed by atoms with E-state index in [0.29, 0.717) is 11.8 Å². The Bertz CT molecular complexity index is 2060. The second-order valence-corrected chi connectivity index (χ2v) is 24.1. The fourth-order valence-electron chi connectivity index (χ4n) is 14.4. The van der Waals surface area contributed by atoms with Gasteiger partial charge in [-0.15, -0.1) is 0 Å². The maximum Gasteiger partial charge on any atom is 0.0918 e. The van der Waals surface area contributed by atoms with Crippen LogP contribution in [0.1, 0.15) is 177 Å². The second-order valence-electron chi connectivity index (χ2n) is 24.1. The van der Waals surface area contributed by atoms with Crippen molar-refractivity contribution < 1.29 is 0 Å². The van der Waals surface area contributed by atoms with Gasteiger partial charge in [-0.3, -0.25) is 0 Å². The Morgan fingerprint density at radius 3 is 1.24 bits per heavy atom. The highest BCUT2D eigenvalue weighted by Gasteiger charge is 2.52. The van der Waals surface area contributed by atoms with E-state index in [1.807, 2.05) is 0 Å². The summed E-state index contributed by atoms with van der Waals surface area (Å²) >= 11 is 0. The maximum absolute atomic E-state index is 2.61. The molecular formula is C62H80+2. The lowest BCUT2D eigenvalue weighted by Gasteiger charge is -2.55. The van der Waals surface area contributed by atoms with Gasteiger partial charge in [0.1, 0.15) is 0 Å². The maximum atomic E-state index is 2.61. The molecule has 4 aliphatic rings. The standard InChI is InChI=1S/C62H80/c1-45-53-39-62(12,44-60(9,10)42-58(5,6)38-52(50-31-23-16-24-32-50)36-34-48-27-19-14-20-28-48)56(53)46(2)54-40-61(11,55(45)54)43-59(7,8)41-57(3,4)37-51(49-29-21-15-22-30-49)35-33-47-25-17-13-18-26-47/h13-34,51-52H,35-44H2,1-12H3/q+2. The second kappa shape index (κ2) is 17.8. The minimum Gasteiger partial charge on any atom is -0.0622 e. The van der Waals surface area contributed by atoms with Crippen LogP contribution in [0.3, 0.4) is 0 Å².